The van der Waals surface area contributed by atoms with Crippen LogP contribution in [0.4, 0.5) is 0 Å². The van der Waals surface area contributed by atoms with Gasteiger partial charge in [-0.25, -0.2) is 17.9 Å². The number of nitrogens with one attached hydrogen (secondary N) is 3. The third-order valence-electron chi connectivity index (χ3n) is 2.94. The standard InChI is InChI=1S/C10H12N4O3S/c11-6-4-8(6)14-18(16,17)5-1-2-7-9(3-5)13-10(15)12-7/h1-3,6,8,14H,4,11H2,(H2,12,13,15). The number of rotatable bonds is 3. The molecule has 0 saturated heterocycles. The summed E-state index contributed by atoms with van der Waals surface area (Å²) in [5.41, 5.74) is 6.23. The van der Waals surface area contributed by atoms with Crippen LogP contribution in [0.3, 0.4) is 0 Å². The molecule has 0 aliphatic heterocycles. The van der Waals surface area contributed by atoms with Crippen molar-refractivity contribution in [2.75, 3.05) is 0 Å². The predicted octanol–water partition coefficient (Wildman–Crippen LogP) is -0.766. The number of aromatic amines is 2. The van der Waals surface area contributed by atoms with E-state index in [1.807, 2.05) is 0 Å². The molecular weight excluding hydrogens is 256 g/mol. The first-order chi connectivity index (χ1) is 8.45. The number of hydrogen-bond acceptors (Lipinski definition) is 4. The van der Waals surface area contributed by atoms with Gasteiger partial charge in [-0.15, -0.1) is 0 Å². The highest BCUT2D eigenvalue weighted by molar-refractivity contribution is 7.89. The molecule has 0 bridgehead atoms. The lowest BCUT2D eigenvalue weighted by Gasteiger charge is -2.05. The van der Waals surface area contributed by atoms with E-state index in [1.165, 1.54) is 12.1 Å². The van der Waals surface area contributed by atoms with E-state index < -0.39 is 10.0 Å². The van der Waals surface area contributed by atoms with Gasteiger partial charge in [0.2, 0.25) is 10.0 Å². The summed E-state index contributed by atoms with van der Waals surface area (Å²) >= 11 is 0. The van der Waals surface area contributed by atoms with Crippen LogP contribution in [0.15, 0.2) is 27.9 Å². The van der Waals surface area contributed by atoms with Gasteiger partial charge < -0.3 is 15.7 Å². The van der Waals surface area contributed by atoms with E-state index in [-0.39, 0.29) is 22.7 Å². The lowest BCUT2D eigenvalue weighted by Crippen LogP contribution is -2.29. The Morgan fingerprint density at radius 2 is 1.94 bits per heavy atom. The molecule has 1 aromatic heterocycles. The molecule has 0 amide bonds. The monoisotopic (exact) mass is 268 g/mol. The highest BCUT2D eigenvalue weighted by Gasteiger charge is 2.37. The summed E-state index contributed by atoms with van der Waals surface area (Å²) in [4.78, 5) is 16.3. The van der Waals surface area contributed by atoms with Gasteiger partial charge in [-0.05, 0) is 24.6 Å². The summed E-state index contributed by atoms with van der Waals surface area (Å²) in [6.45, 7) is 0. The molecule has 3 rings (SSSR count). The third kappa shape index (κ3) is 1.94. The molecule has 1 aliphatic rings. The molecule has 2 aromatic rings. The van der Waals surface area contributed by atoms with E-state index in [1.54, 1.807) is 6.07 Å². The highest BCUT2D eigenvalue weighted by atomic mass is 32.2. The van der Waals surface area contributed by atoms with Crippen molar-refractivity contribution in [2.45, 2.75) is 23.4 Å². The van der Waals surface area contributed by atoms with Gasteiger partial charge in [-0.1, -0.05) is 0 Å². The Hall–Kier alpha value is -1.64. The number of imidazole rings is 1. The molecule has 1 fully saturated rings. The molecule has 0 radical (unpaired) electrons. The van der Waals surface area contributed by atoms with Crippen LogP contribution in [0.5, 0.6) is 0 Å². The fourth-order valence-corrected chi connectivity index (χ4v) is 3.12. The number of nitrogens with two attached hydrogens (primary N) is 1. The summed E-state index contributed by atoms with van der Waals surface area (Å²) in [5, 5.41) is 0. The first-order valence-electron chi connectivity index (χ1n) is 5.46. The molecule has 96 valence electrons. The van der Waals surface area contributed by atoms with Crippen LogP contribution in [0.1, 0.15) is 6.42 Å². The molecule has 8 heteroatoms. The van der Waals surface area contributed by atoms with Crippen LogP contribution in [0, 0.1) is 0 Å². The van der Waals surface area contributed by atoms with Crippen LogP contribution in [0.25, 0.3) is 11.0 Å². The van der Waals surface area contributed by atoms with Crippen LogP contribution in [-0.2, 0) is 10.0 Å². The van der Waals surface area contributed by atoms with Crippen LogP contribution >= 0.6 is 0 Å². The Bertz CT molecular complexity index is 761. The van der Waals surface area contributed by atoms with Gasteiger partial charge in [0, 0.05) is 12.1 Å². The number of fused-ring (bicyclic) bond motifs is 1. The number of benzene rings is 1. The maximum atomic E-state index is 12.0. The van der Waals surface area contributed by atoms with Crippen LogP contribution in [-0.4, -0.2) is 30.5 Å². The van der Waals surface area contributed by atoms with Gasteiger partial charge in [-0.2, -0.15) is 0 Å². The zero-order valence-corrected chi connectivity index (χ0v) is 10.1. The first kappa shape index (κ1) is 11.5. The molecule has 1 aromatic carbocycles. The fourth-order valence-electron chi connectivity index (χ4n) is 1.80. The summed E-state index contributed by atoms with van der Waals surface area (Å²) < 4.78 is 26.5. The average Bonchev–Trinajstić information content (AvgIpc) is 2.83. The van der Waals surface area contributed by atoms with Gasteiger partial charge in [0.1, 0.15) is 0 Å². The molecule has 5 N–H and O–H groups in total. The van der Waals surface area contributed by atoms with Crippen molar-refractivity contribution < 1.29 is 8.42 Å². The summed E-state index contributed by atoms with van der Waals surface area (Å²) in [6, 6.07) is 4.13. The minimum atomic E-state index is -3.58. The van der Waals surface area contributed by atoms with E-state index >= 15 is 0 Å². The fraction of sp³-hybridized carbons (Fsp3) is 0.300. The van der Waals surface area contributed by atoms with E-state index in [4.69, 9.17) is 5.73 Å². The number of aromatic nitrogens is 2. The molecule has 1 heterocycles. The predicted molar refractivity (Wildman–Crippen MR) is 65.6 cm³/mol. The van der Waals surface area contributed by atoms with Gasteiger partial charge in [0.25, 0.3) is 0 Å². The van der Waals surface area contributed by atoms with Gasteiger partial charge in [0.05, 0.1) is 15.9 Å². The Kier molecular flexibility index (Phi) is 2.34. The molecule has 1 aliphatic carbocycles. The summed E-state index contributed by atoms with van der Waals surface area (Å²) in [5.74, 6) is 0. The molecule has 2 atom stereocenters. The van der Waals surface area contributed by atoms with Crippen molar-refractivity contribution in [3.05, 3.63) is 28.7 Å². The van der Waals surface area contributed by atoms with Crippen molar-refractivity contribution in [1.82, 2.24) is 14.7 Å². The van der Waals surface area contributed by atoms with Gasteiger partial charge >= 0.3 is 5.69 Å². The van der Waals surface area contributed by atoms with E-state index in [0.29, 0.717) is 17.5 Å². The summed E-state index contributed by atoms with van der Waals surface area (Å²) in [6.07, 6.45) is 0.655. The van der Waals surface area contributed by atoms with Crippen molar-refractivity contribution in [2.24, 2.45) is 5.73 Å². The summed E-state index contributed by atoms with van der Waals surface area (Å²) in [7, 11) is -3.58. The SMILES string of the molecule is NC1CC1NS(=O)(=O)c1ccc2[nH]c(=O)[nH]c2c1. The van der Waals surface area contributed by atoms with Gasteiger partial charge in [0.15, 0.2) is 0 Å². The minimum Gasteiger partial charge on any atom is -0.326 e. The Morgan fingerprint density at radius 1 is 1.28 bits per heavy atom. The van der Waals surface area contributed by atoms with E-state index in [9.17, 15) is 13.2 Å². The molecular formula is C10H12N4O3S. The number of hydrogen-bond donors (Lipinski definition) is 4. The lowest BCUT2D eigenvalue weighted by molar-refractivity contribution is 0.580. The highest BCUT2D eigenvalue weighted by Crippen LogP contribution is 2.22. The quantitative estimate of drug-likeness (QED) is 0.584. The second-order valence-electron chi connectivity index (χ2n) is 4.41. The molecule has 7 nitrogen and oxygen atoms in total. The van der Waals surface area contributed by atoms with E-state index in [0.717, 1.165) is 0 Å². The van der Waals surface area contributed by atoms with Crippen molar-refractivity contribution in [1.29, 1.82) is 0 Å². The van der Waals surface area contributed by atoms with Crippen LogP contribution < -0.4 is 16.1 Å². The minimum absolute atomic E-state index is 0.101. The van der Waals surface area contributed by atoms with Crippen molar-refractivity contribution >= 4 is 21.1 Å². The smallest absolute Gasteiger partial charge is 0.323 e. The second kappa shape index (κ2) is 3.67. The zero-order valence-electron chi connectivity index (χ0n) is 9.30. The van der Waals surface area contributed by atoms with Crippen molar-refractivity contribution in [3.63, 3.8) is 0 Å². The maximum Gasteiger partial charge on any atom is 0.323 e. The molecule has 1 saturated carbocycles. The van der Waals surface area contributed by atoms with Crippen LogP contribution in [0.2, 0.25) is 0 Å². The second-order valence-corrected chi connectivity index (χ2v) is 6.13. The zero-order chi connectivity index (χ0) is 12.9. The lowest BCUT2D eigenvalue weighted by atomic mass is 10.3. The molecule has 18 heavy (non-hydrogen) atoms. The van der Waals surface area contributed by atoms with Gasteiger partial charge in [-0.3, -0.25) is 0 Å². The maximum absolute atomic E-state index is 12.0. The third-order valence-corrected chi connectivity index (χ3v) is 4.43. The Balaban J connectivity index is 2.00. The topological polar surface area (TPSA) is 121 Å². The number of H-pyrrole nitrogens is 2. The average molecular weight is 268 g/mol. The van der Waals surface area contributed by atoms with E-state index in [2.05, 4.69) is 14.7 Å². The first-order valence-corrected chi connectivity index (χ1v) is 6.94. The Labute approximate surface area is 102 Å². The molecule has 0 spiro atoms. The number of sulfonamides is 1. The molecule has 2 unspecified atom stereocenters. The Morgan fingerprint density at radius 3 is 2.61 bits per heavy atom. The normalized spacial score (nSPS) is 23.4. The largest absolute Gasteiger partial charge is 0.326 e. The van der Waals surface area contributed by atoms with Crippen molar-refractivity contribution in [3.8, 4) is 0 Å².